The second-order valence-corrected chi connectivity index (χ2v) is 4.38. The van der Waals surface area contributed by atoms with E-state index in [2.05, 4.69) is 0 Å². The molecule has 1 aliphatic rings. The van der Waals surface area contributed by atoms with Crippen LogP contribution in [0.15, 0.2) is 0 Å². The third kappa shape index (κ3) is 3.20. The minimum absolute atomic E-state index is 0.255. The zero-order valence-corrected chi connectivity index (χ0v) is 9.69. The molecule has 1 unspecified atom stereocenters. The van der Waals surface area contributed by atoms with Gasteiger partial charge in [-0.25, -0.2) is 4.79 Å². The Morgan fingerprint density at radius 1 is 1.31 bits per heavy atom. The van der Waals surface area contributed by atoms with E-state index in [0.29, 0.717) is 13.0 Å². The zero-order valence-electron chi connectivity index (χ0n) is 9.69. The van der Waals surface area contributed by atoms with Crippen molar-refractivity contribution < 1.29 is 14.7 Å². The van der Waals surface area contributed by atoms with Crippen molar-refractivity contribution in [2.75, 3.05) is 6.54 Å². The van der Waals surface area contributed by atoms with Crippen molar-refractivity contribution >= 4 is 11.9 Å². The van der Waals surface area contributed by atoms with Gasteiger partial charge in [-0.2, -0.15) is 0 Å². The molecule has 2 atom stereocenters. The van der Waals surface area contributed by atoms with Crippen LogP contribution >= 0.6 is 0 Å². The molecule has 1 amide bonds. The summed E-state index contributed by atoms with van der Waals surface area (Å²) >= 11 is 0. The molecular formula is C11H20N2O3. The first-order valence-electron chi connectivity index (χ1n) is 5.83. The highest BCUT2D eigenvalue weighted by Gasteiger charge is 2.31. The Labute approximate surface area is 95.6 Å². The molecule has 5 heteroatoms. The van der Waals surface area contributed by atoms with E-state index in [9.17, 15) is 9.59 Å². The van der Waals surface area contributed by atoms with Gasteiger partial charge in [0.25, 0.3) is 0 Å². The minimum atomic E-state index is -0.920. The minimum Gasteiger partial charge on any atom is -0.480 e. The van der Waals surface area contributed by atoms with Crippen LogP contribution in [0.4, 0.5) is 0 Å². The molecule has 92 valence electrons. The number of aliphatic carboxylic acids is 1. The molecule has 5 nitrogen and oxygen atoms in total. The van der Waals surface area contributed by atoms with Gasteiger partial charge in [-0.05, 0) is 19.8 Å². The number of amides is 1. The van der Waals surface area contributed by atoms with Gasteiger partial charge in [0.1, 0.15) is 6.04 Å². The number of carboxylic acids is 1. The SMILES string of the molecule is C[C@H](N)C(=O)N1CCCCCCC1C(=O)O. The molecule has 1 heterocycles. The third-order valence-electron chi connectivity index (χ3n) is 2.96. The maximum absolute atomic E-state index is 11.8. The van der Waals surface area contributed by atoms with Crippen molar-refractivity contribution in [2.45, 2.75) is 51.1 Å². The van der Waals surface area contributed by atoms with Crippen LogP contribution in [-0.4, -0.2) is 40.5 Å². The Balaban J connectivity index is 2.78. The van der Waals surface area contributed by atoms with Crippen molar-refractivity contribution in [3.05, 3.63) is 0 Å². The van der Waals surface area contributed by atoms with E-state index in [1.165, 1.54) is 4.90 Å². The van der Waals surface area contributed by atoms with E-state index in [4.69, 9.17) is 10.8 Å². The van der Waals surface area contributed by atoms with Crippen molar-refractivity contribution in [1.29, 1.82) is 0 Å². The molecule has 0 aromatic carbocycles. The number of carbonyl (C=O) groups is 2. The van der Waals surface area contributed by atoms with Crippen LogP contribution in [0.1, 0.15) is 39.0 Å². The van der Waals surface area contributed by atoms with Gasteiger partial charge < -0.3 is 15.7 Å². The number of carbonyl (C=O) groups excluding carboxylic acids is 1. The Kier molecular flexibility index (Phi) is 4.73. The fourth-order valence-electron chi connectivity index (χ4n) is 2.07. The monoisotopic (exact) mass is 228 g/mol. The van der Waals surface area contributed by atoms with Crippen LogP contribution in [0.5, 0.6) is 0 Å². The summed E-state index contributed by atoms with van der Waals surface area (Å²) < 4.78 is 0. The summed E-state index contributed by atoms with van der Waals surface area (Å²) in [6, 6.07) is -1.32. The first-order valence-corrected chi connectivity index (χ1v) is 5.83. The van der Waals surface area contributed by atoms with Gasteiger partial charge in [0, 0.05) is 6.54 Å². The first-order chi connectivity index (χ1) is 7.54. The van der Waals surface area contributed by atoms with Gasteiger partial charge in [-0.1, -0.05) is 19.3 Å². The molecule has 1 aliphatic heterocycles. The standard InChI is InChI=1S/C11H20N2O3/c1-8(12)10(14)13-7-5-3-2-4-6-9(13)11(15)16/h8-9H,2-7,12H2,1H3,(H,15,16)/t8-,9?/m0/s1. The number of rotatable bonds is 2. The molecule has 0 aliphatic carbocycles. The van der Waals surface area contributed by atoms with E-state index in [-0.39, 0.29) is 5.91 Å². The molecule has 0 spiro atoms. The molecule has 1 rings (SSSR count). The number of nitrogens with two attached hydrogens (primary N) is 1. The van der Waals surface area contributed by atoms with Crippen LogP contribution < -0.4 is 5.73 Å². The Morgan fingerprint density at radius 2 is 1.94 bits per heavy atom. The summed E-state index contributed by atoms with van der Waals surface area (Å²) in [4.78, 5) is 24.4. The average molecular weight is 228 g/mol. The van der Waals surface area contributed by atoms with Gasteiger partial charge in [0.15, 0.2) is 0 Å². The number of carboxylic acid groups (broad SMARTS) is 1. The predicted octanol–water partition coefficient (Wildman–Crippen LogP) is 0.579. The summed E-state index contributed by atoms with van der Waals surface area (Å²) in [6.07, 6.45) is 4.36. The lowest BCUT2D eigenvalue weighted by Crippen LogP contribution is -2.51. The van der Waals surface area contributed by atoms with Crippen molar-refractivity contribution in [3.63, 3.8) is 0 Å². The average Bonchev–Trinajstić information content (AvgIpc) is 2.15. The van der Waals surface area contributed by atoms with Crippen molar-refractivity contribution in [3.8, 4) is 0 Å². The summed E-state index contributed by atoms with van der Waals surface area (Å²) in [5.74, 6) is -1.18. The second-order valence-electron chi connectivity index (χ2n) is 4.38. The number of likely N-dealkylation sites (tertiary alicyclic amines) is 1. The molecule has 0 aromatic heterocycles. The van der Waals surface area contributed by atoms with E-state index < -0.39 is 18.1 Å². The molecule has 0 saturated carbocycles. The number of nitrogens with zero attached hydrogens (tertiary/aromatic N) is 1. The second kappa shape index (κ2) is 5.84. The zero-order chi connectivity index (χ0) is 12.1. The summed E-state index contributed by atoms with van der Waals surface area (Å²) in [5.41, 5.74) is 5.54. The number of hydrogen-bond acceptors (Lipinski definition) is 3. The van der Waals surface area contributed by atoms with Gasteiger partial charge in [0.2, 0.25) is 5.91 Å². The van der Waals surface area contributed by atoms with Crippen LogP contribution in [0.25, 0.3) is 0 Å². The predicted molar refractivity (Wildman–Crippen MR) is 59.9 cm³/mol. The lowest BCUT2D eigenvalue weighted by atomic mass is 10.0. The highest BCUT2D eigenvalue weighted by atomic mass is 16.4. The van der Waals surface area contributed by atoms with Gasteiger partial charge >= 0.3 is 5.97 Å². The van der Waals surface area contributed by atoms with Crippen LogP contribution in [-0.2, 0) is 9.59 Å². The Morgan fingerprint density at radius 3 is 2.50 bits per heavy atom. The molecule has 0 bridgehead atoms. The van der Waals surface area contributed by atoms with Gasteiger partial charge in [-0.15, -0.1) is 0 Å². The van der Waals surface area contributed by atoms with Gasteiger partial charge in [0.05, 0.1) is 6.04 Å². The summed E-state index contributed by atoms with van der Waals surface area (Å²) in [5, 5.41) is 9.12. The fraction of sp³-hybridized carbons (Fsp3) is 0.818. The quantitative estimate of drug-likeness (QED) is 0.724. The Hall–Kier alpha value is -1.10. The van der Waals surface area contributed by atoms with Crippen LogP contribution in [0.3, 0.4) is 0 Å². The molecule has 3 N–H and O–H groups in total. The lowest BCUT2D eigenvalue weighted by Gasteiger charge is -2.32. The lowest BCUT2D eigenvalue weighted by molar-refractivity contribution is -0.151. The largest absolute Gasteiger partial charge is 0.480 e. The molecule has 1 fully saturated rings. The van der Waals surface area contributed by atoms with E-state index in [0.717, 1.165) is 25.7 Å². The molecule has 16 heavy (non-hydrogen) atoms. The Bertz CT molecular complexity index is 266. The molecule has 0 radical (unpaired) electrons. The maximum atomic E-state index is 11.8. The molecular weight excluding hydrogens is 208 g/mol. The highest BCUT2D eigenvalue weighted by Crippen LogP contribution is 2.17. The normalized spacial score (nSPS) is 24.4. The highest BCUT2D eigenvalue weighted by molar-refractivity contribution is 5.86. The number of hydrogen-bond donors (Lipinski definition) is 2. The van der Waals surface area contributed by atoms with Crippen LogP contribution in [0.2, 0.25) is 0 Å². The maximum Gasteiger partial charge on any atom is 0.326 e. The summed E-state index contributed by atoms with van der Waals surface area (Å²) in [7, 11) is 0. The van der Waals surface area contributed by atoms with E-state index in [1.54, 1.807) is 6.92 Å². The van der Waals surface area contributed by atoms with E-state index >= 15 is 0 Å². The molecule has 0 aromatic rings. The van der Waals surface area contributed by atoms with E-state index in [1.807, 2.05) is 0 Å². The summed E-state index contributed by atoms with van der Waals surface area (Å²) in [6.45, 7) is 2.11. The topological polar surface area (TPSA) is 83.6 Å². The van der Waals surface area contributed by atoms with Gasteiger partial charge in [-0.3, -0.25) is 4.79 Å². The van der Waals surface area contributed by atoms with Crippen molar-refractivity contribution in [2.24, 2.45) is 5.73 Å². The van der Waals surface area contributed by atoms with Crippen LogP contribution in [0, 0.1) is 0 Å². The molecule has 1 saturated heterocycles. The smallest absolute Gasteiger partial charge is 0.326 e. The fourth-order valence-corrected chi connectivity index (χ4v) is 2.07. The van der Waals surface area contributed by atoms with Crippen molar-refractivity contribution in [1.82, 2.24) is 4.90 Å². The third-order valence-corrected chi connectivity index (χ3v) is 2.96. The first kappa shape index (κ1) is 13.0.